The van der Waals surface area contributed by atoms with E-state index in [9.17, 15) is 0 Å². The molecule has 1 fully saturated rings. The van der Waals surface area contributed by atoms with Gasteiger partial charge in [-0.15, -0.1) is 0 Å². The number of hydrogen-bond donors (Lipinski definition) is 2. The van der Waals surface area contributed by atoms with E-state index in [0.717, 1.165) is 80.3 Å². The van der Waals surface area contributed by atoms with Gasteiger partial charge in [0, 0.05) is 43.3 Å². The summed E-state index contributed by atoms with van der Waals surface area (Å²) in [5.41, 5.74) is 5.73. The first-order chi connectivity index (χ1) is 15.7. The highest BCUT2D eigenvalue weighted by Gasteiger charge is 2.16. The molecular weight excluding hydrogens is 402 g/mol. The van der Waals surface area contributed by atoms with Gasteiger partial charge >= 0.3 is 0 Å². The van der Waals surface area contributed by atoms with E-state index in [1.165, 1.54) is 24.0 Å². The fourth-order valence-corrected chi connectivity index (χ4v) is 4.62. The van der Waals surface area contributed by atoms with E-state index in [1.54, 1.807) is 0 Å². The molecule has 8 heteroatoms. The van der Waals surface area contributed by atoms with E-state index in [1.807, 2.05) is 19.9 Å². The molecule has 2 aromatic heterocycles. The smallest absolute Gasteiger partial charge is 0.231 e. The van der Waals surface area contributed by atoms with Crippen molar-refractivity contribution in [2.45, 2.75) is 39.5 Å². The zero-order chi connectivity index (χ0) is 21.9. The predicted molar refractivity (Wildman–Crippen MR) is 127 cm³/mol. The second-order valence-corrected chi connectivity index (χ2v) is 8.66. The van der Waals surface area contributed by atoms with Gasteiger partial charge in [0.15, 0.2) is 0 Å². The van der Waals surface area contributed by atoms with Crippen LogP contribution < -0.4 is 10.6 Å². The largest absolute Gasteiger partial charge is 0.379 e. The minimum Gasteiger partial charge on any atom is -0.379 e. The van der Waals surface area contributed by atoms with Crippen molar-refractivity contribution in [3.63, 3.8) is 0 Å². The van der Waals surface area contributed by atoms with Crippen molar-refractivity contribution in [1.82, 2.24) is 24.8 Å². The van der Waals surface area contributed by atoms with Crippen LogP contribution >= 0.6 is 0 Å². The van der Waals surface area contributed by atoms with Gasteiger partial charge in [-0.25, -0.2) is 15.0 Å². The molecule has 1 saturated heterocycles. The Labute approximate surface area is 188 Å². The van der Waals surface area contributed by atoms with E-state index >= 15 is 0 Å². The molecule has 0 bridgehead atoms. The standard InChI is InChI=1S/C24H31N7O/c1-16-15-21(25-9-10-31-11-13-32-14-12-31)28-23(26-16)30-24-27-17(2)19-8-7-18-5-3-4-6-20(18)22(19)29-24/h7-8,15H,3-6,9-14H2,1-2H3,(H2,25,26,27,28,29,30). The van der Waals surface area contributed by atoms with Gasteiger partial charge in [-0.3, -0.25) is 10.2 Å². The number of rotatable bonds is 6. The Hall–Kier alpha value is -2.84. The summed E-state index contributed by atoms with van der Waals surface area (Å²) in [4.78, 5) is 21.2. The third kappa shape index (κ3) is 4.66. The Kier molecular flexibility index (Phi) is 6.14. The van der Waals surface area contributed by atoms with Crippen molar-refractivity contribution < 1.29 is 4.74 Å². The first kappa shape index (κ1) is 21.0. The molecule has 8 nitrogen and oxygen atoms in total. The molecule has 0 unspecified atom stereocenters. The zero-order valence-corrected chi connectivity index (χ0v) is 18.9. The van der Waals surface area contributed by atoms with Crippen molar-refractivity contribution >= 4 is 28.6 Å². The average molecular weight is 434 g/mol. The normalized spacial score (nSPS) is 16.7. The summed E-state index contributed by atoms with van der Waals surface area (Å²) in [7, 11) is 0. The molecular formula is C24H31N7O. The highest BCUT2D eigenvalue weighted by Crippen LogP contribution is 2.30. The molecule has 5 rings (SSSR count). The number of aromatic nitrogens is 4. The fraction of sp³-hybridized carbons (Fsp3) is 0.500. The number of aryl methyl sites for hydroxylation is 4. The highest BCUT2D eigenvalue weighted by atomic mass is 16.5. The quantitative estimate of drug-likeness (QED) is 0.612. The molecule has 32 heavy (non-hydrogen) atoms. The number of nitrogens with one attached hydrogen (secondary N) is 2. The fourth-order valence-electron chi connectivity index (χ4n) is 4.62. The lowest BCUT2D eigenvalue weighted by atomic mass is 9.89. The van der Waals surface area contributed by atoms with Crippen LogP contribution in [0.2, 0.25) is 0 Å². The molecule has 0 spiro atoms. The molecule has 2 aliphatic rings. The summed E-state index contributed by atoms with van der Waals surface area (Å²) in [6.07, 6.45) is 4.70. The number of fused-ring (bicyclic) bond motifs is 3. The second-order valence-electron chi connectivity index (χ2n) is 8.66. The van der Waals surface area contributed by atoms with Crippen molar-refractivity contribution in [3.05, 3.63) is 40.7 Å². The maximum atomic E-state index is 5.42. The van der Waals surface area contributed by atoms with E-state index in [2.05, 4.69) is 42.6 Å². The van der Waals surface area contributed by atoms with Crippen LogP contribution in [-0.4, -0.2) is 64.2 Å². The molecule has 1 aliphatic heterocycles. The number of nitrogens with zero attached hydrogens (tertiary/aromatic N) is 5. The number of morpholine rings is 1. The first-order valence-corrected chi connectivity index (χ1v) is 11.6. The highest BCUT2D eigenvalue weighted by molar-refractivity contribution is 5.86. The minimum atomic E-state index is 0.516. The Morgan fingerprint density at radius 3 is 2.66 bits per heavy atom. The Balaban J connectivity index is 1.34. The molecule has 1 aliphatic carbocycles. The van der Waals surface area contributed by atoms with Crippen molar-refractivity contribution in [2.75, 3.05) is 50.0 Å². The topological polar surface area (TPSA) is 88.1 Å². The van der Waals surface area contributed by atoms with Gasteiger partial charge < -0.3 is 10.1 Å². The molecule has 0 amide bonds. The van der Waals surface area contributed by atoms with Crippen LogP contribution in [0.4, 0.5) is 17.7 Å². The zero-order valence-electron chi connectivity index (χ0n) is 18.9. The summed E-state index contributed by atoms with van der Waals surface area (Å²) in [6, 6.07) is 6.38. The van der Waals surface area contributed by atoms with Crippen LogP contribution in [0.3, 0.4) is 0 Å². The lowest BCUT2D eigenvalue weighted by Crippen LogP contribution is -2.39. The van der Waals surface area contributed by atoms with E-state index in [0.29, 0.717) is 11.9 Å². The summed E-state index contributed by atoms with van der Waals surface area (Å²) in [6.45, 7) is 9.41. The van der Waals surface area contributed by atoms with Gasteiger partial charge in [0.05, 0.1) is 24.4 Å². The maximum Gasteiger partial charge on any atom is 0.231 e. The monoisotopic (exact) mass is 433 g/mol. The third-order valence-electron chi connectivity index (χ3n) is 6.30. The maximum absolute atomic E-state index is 5.42. The van der Waals surface area contributed by atoms with Gasteiger partial charge in [-0.2, -0.15) is 4.98 Å². The molecule has 0 radical (unpaired) electrons. The van der Waals surface area contributed by atoms with Gasteiger partial charge in [0.25, 0.3) is 0 Å². The first-order valence-electron chi connectivity index (χ1n) is 11.6. The van der Waals surface area contributed by atoms with E-state index < -0.39 is 0 Å². The number of benzene rings is 1. The molecule has 168 valence electrons. The Morgan fingerprint density at radius 1 is 0.969 bits per heavy atom. The van der Waals surface area contributed by atoms with E-state index in [-0.39, 0.29) is 0 Å². The van der Waals surface area contributed by atoms with E-state index in [4.69, 9.17) is 9.72 Å². The van der Waals surface area contributed by atoms with Crippen LogP contribution in [0, 0.1) is 13.8 Å². The summed E-state index contributed by atoms with van der Waals surface area (Å²) in [5, 5.41) is 7.81. The lowest BCUT2D eigenvalue weighted by molar-refractivity contribution is 0.0398. The average Bonchev–Trinajstić information content (AvgIpc) is 2.79. The van der Waals surface area contributed by atoms with Crippen molar-refractivity contribution in [3.8, 4) is 0 Å². The van der Waals surface area contributed by atoms with Gasteiger partial charge in [0.2, 0.25) is 11.9 Å². The van der Waals surface area contributed by atoms with Gasteiger partial charge in [0.1, 0.15) is 5.82 Å². The lowest BCUT2D eigenvalue weighted by Gasteiger charge is -2.26. The van der Waals surface area contributed by atoms with Crippen molar-refractivity contribution in [1.29, 1.82) is 0 Å². The number of ether oxygens (including phenoxy) is 1. The summed E-state index contributed by atoms with van der Waals surface area (Å²) < 4.78 is 5.42. The third-order valence-corrected chi connectivity index (χ3v) is 6.30. The molecule has 3 heterocycles. The van der Waals surface area contributed by atoms with Crippen LogP contribution in [-0.2, 0) is 17.6 Å². The van der Waals surface area contributed by atoms with Crippen molar-refractivity contribution in [2.24, 2.45) is 0 Å². The molecule has 2 N–H and O–H groups in total. The Morgan fingerprint density at radius 2 is 1.78 bits per heavy atom. The summed E-state index contributed by atoms with van der Waals surface area (Å²) in [5.74, 6) is 1.88. The summed E-state index contributed by atoms with van der Waals surface area (Å²) >= 11 is 0. The molecule has 0 atom stereocenters. The number of hydrogen-bond acceptors (Lipinski definition) is 8. The molecule has 3 aromatic rings. The molecule has 0 saturated carbocycles. The second kappa shape index (κ2) is 9.34. The van der Waals surface area contributed by atoms with Gasteiger partial charge in [-0.05, 0) is 50.7 Å². The molecule has 1 aromatic carbocycles. The van der Waals surface area contributed by atoms with Gasteiger partial charge in [-0.1, -0.05) is 12.1 Å². The Bertz CT molecular complexity index is 1110. The minimum absolute atomic E-state index is 0.516. The van der Waals surface area contributed by atoms with Crippen LogP contribution in [0.15, 0.2) is 18.2 Å². The van der Waals surface area contributed by atoms with Crippen LogP contribution in [0.25, 0.3) is 10.9 Å². The predicted octanol–water partition coefficient (Wildman–Crippen LogP) is 3.40. The van der Waals surface area contributed by atoms with Crippen LogP contribution in [0.1, 0.15) is 35.4 Å². The van der Waals surface area contributed by atoms with Crippen LogP contribution in [0.5, 0.6) is 0 Å². The SMILES string of the molecule is Cc1cc(NCCN2CCOCC2)nc(Nc2nc(C)c3ccc4c(c3n2)CCCC4)n1. The number of anilines is 3.